The van der Waals surface area contributed by atoms with Gasteiger partial charge in [-0.05, 0) is 40.8 Å². The average Bonchev–Trinajstić information content (AvgIpc) is 3.69. The van der Waals surface area contributed by atoms with E-state index in [2.05, 4.69) is 34.9 Å². The van der Waals surface area contributed by atoms with E-state index in [1.165, 1.54) is 5.01 Å². The number of carbonyl (C=O) groups excluding carboxylic acids is 3. The summed E-state index contributed by atoms with van der Waals surface area (Å²) in [6, 6.07) is 24.6. The lowest BCUT2D eigenvalue weighted by Gasteiger charge is -2.28. The van der Waals surface area contributed by atoms with Gasteiger partial charge < -0.3 is 45.0 Å². The van der Waals surface area contributed by atoms with Crippen molar-refractivity contribution in [3.63, 3.8) is 0 Å². The number of aliphatic carboxylic acids is 1. The SMILES string of the molecule is CN(Cc1cc2ccccc2n1COC(=O)N[C@@H](CCC(=O)O)C(=O)NCCOCCOCCN)N(C)C(=O)OCC1c2ccccc2-c2ccccc21. The highest BCUT2D eigenvalue weighted by atomic mass is 16.6. The highest BCUT2D eigenvalue weighted by Gasteiger charge is 2.30. The molecule has 1 aliphatic rings. The van der Waals surface area contributed by atoms with Crippen LogP contribution in [0.2, 0.25) is 0 Å². The zero-order valence-electron chi connectivity index (χ0n) is 30.6. The number of benzene rings is 3. The lowest BCUT2D eigenvalue weighted by Crippen LogP contribution is -2.48. The smallest absolute Gasteiger partial charge is 0.424 e. The molecule has 0 unspecified atom stereocenters. The summed E-state index contributed by atoms with van der Waals surface area (Å²) in [5.74, 6) is -1.76. The molecular formula is C39H48N6O9. The fraction of sp³-hybridized carbons (Fsp3) is 0.385. The number of hydrogen-bond acceptors (Lipinski definition) is 10. The van der Waals surface area contributed by atoms with E-state index in [4.69, 9.17) is 24.7 Å². The third kappa shape index (κ3) is 10.3. The van der Waals surface area contributed by atoms with E-state index in [1.54, 1.807) is 23.7 Å². The van der Waals surface area contributed by atoms with E-state index < -0.39 is 30.1 Å². The number of rotatable bonds is 20. The summed E-state index contributed by atoms with van der Waals surface area (Å²) >= 11 is 0. The molecule has 3 aromatic carbocycles. The molecule has 0 saturated heterocycles. The maximum absolute atomic E-state index is 13.3. The molecule has 0 bridgehead atoms. The Bertz CT molecular complexity index is 1850. The molecule has 0 aliphatic heterocycles. The minimum atomic E-state index is -1.15. The summed E-state index contributed by atoms with van der Waals surface area (Å²) in [4.78, 5) is 50.5. The first-order valence-electron chi connectivity index (χ1n) is 17.8. The van der Waals surface area contributed by atoms with Gasteiger partial charge in [-0.3, -0.25) is 9.59 Å². The normalized spacial score (nSPS) is 12.6. The molecule has 1 heterocycles. The Hall–Kier alpha value is -5.48. The van der Waals surface area contributed by atoms with Gasteiger partial charge in [-0.25, -0.2) is 19.6 Å². The van der Waals surface area contributed by atoms with Crippen LogP contribution in [0.3, 0.4) is 0 Å². The summed E-state index contributed by atoms with van der Waals surface area (Å²) in [5, 5.41) is 18.4. The fourth-order valence-corrected chi connectivity index (χ4v) is 6.34. The van der Waals surface area contributed by atoms with Crippen molar-refractivity contribution in [3.8, 4) is 11.1 Å². The van der Waals surface area contributed by atoms with Crippen molar-refractivity contribution in [2.24, 2.45) is 5.73 Å². The molecule has 5 N–H and O–H groups in total. The predicted octanol–water partition coefficient (Wildman–Crippen LogP) is 3.89. The van der Waals surface area contributed by atoms with Gasteiger partial charge in [0.15, 0.2) is 6.73 Å². The predicted molar refractivity (Wildman–Crippen MR) is 200 cm³/mol. The van der Waals surface area contributed by atoms with Crippen molar-refractivity contribution < 1.29 is 43.2 Å². The first kappa shape index (κ1) is 39.7. The Morgan fingerprint density at radius 3 is 2.20 bits per heavy atom. The van der Waals surface area contributed by atoms with Crippen LogP contribution in [0.25, 0.3) is 22.0 Å². The zero-order valence-corrected chi connectivity index (χ0v) is 30.6. The van der Waals surface area contributed by atoms with E-state index >= 15 is 0 Å². The van der Waals surface area contributed by atoms with E-state index in [0.717, 1.165) is 38.9 Å². The Morgan fingerprint density at radius 2 is 1.52 bits per heavy atom. The van der Waals surface area contributed by atoms with Crippen molar-refractivity contribution in [1.29, 1.82) is 0 Å². The van der Waals surface area contributed by atoms with Gasteiger partial charge >= 0.3 is 18.2 Å². The van der Waals surface area contributed by atoms with Crippen molar-refractivity contribution >= 4 is 35.0 Å². The molecule has 5 rings (SSSR count). The molecule has 1 aromatic heterocycles. The van der Waals surface area contributed by atoms with Crippen LogP contribution in [0.5, 0.6) is 0 Å². The molecular weight excluding hydrogens is 696 g/mol. The molecule has 4 aromatic rings. The molecule has 0 fully saturated rings. The van der Waals surface area contributed by atoms with Gasteiger partial charge in [0.25, 0.3) is 0 Å². The second kappa shape index (κ2) is 19.6. The third-order valence-corrected chi connectivity index (χ3v) is 9.16. The number of nitrogens with zero attached hydrogens (tertiary/aromatic N) is 3. The molecule has 15 nitrogen and oxygen atoms in total. The first-order chi connectivity index (χ1) is 26.2. The number of carboxylic acids is 1. The van der Waals surface area contributed by atoms with Crippen LogP contribution in [0.15, 0.2) is 78.9 Å². The quantitative estimate of drug-likeness (QED) is 0.0760. The van der Waals surface area contributed by atoms with E-state index in [1.807, 2.05) is 54.6 Å². The van der Waals surface area contributed by atoms with Gasteiger partial charge in [0.1, 0.15) is 12.6 Å². The number of carboxylic acid groups (broad SMARTS) is 1. The third-order valence-electron chi connectivity index (χ3n) is 9.16. The van der Waals surface area contributed by atoms with Crippen molar-refractivity contribution in [2.75, 3.05) is 60.2 Å². The molecule has 15 heteroatoms. The number of hydrazine groups is 1. The topological polar surface area (TPSA) is 187 Å². The van der Waals surface area contributed by atoms with Crippen molar-refractivity contribution in [3.05, 3.63) is 95.7 Å². The number of alkyl carbamates (subject to hydrolysis) is 1. The van der Waals surface area contributed by atoms with E-state index in [-0.39, 0.29) is 51.8 Å². The largest absolute Gasteiger partial charge is 0.481 e. The van der Waals surface area contributed by atoms with Crippen molar-refractivity contribution in [1.82, 2.24) is 25.2 Å². The van der Waals surface area contributed by atoms with Crippen LogP contribution in [0, 0.1) is 0 Å². The fourth-order valence-electron chi connectivity index (χ4n) is 6.34. The van der Waals surface area contributed by atoms with Crippen LogP contribution < -0.4 is 16.4 Å². The maximum Gasteiger partial charge on any atom is 0.424 e. The number of aromatic nitrogens is 1. The lowest BCUT2D eigenvalue weighted by molar-refractivity contribution is -0.137. The van der Waals surface area contributed by atoms with E-state index in [0.29, 0.717) is 26.4 Å². The highest BCUT2D eigenvalue weighted by molar-refractivity contribution is 5.86. The number of hydrogen-bond donors (Lipinski definition) is 4. The summed E-state index contributed by atoms with van der Waals surface area (Å²) in [6.45, 7) is 2.08. The molecule has 288 valence electrons. The zero-order chi connectivity index (χ0) is 38.5. The lowest BCUT2D eigenvalue weighted by atomic mass is 9.98. The van der Waals surface area contributed by atoms with Gasteiger partial charge in [0.2, 0.25) is 5.91 Å². The molecule has 3 amide bonds. The Labute approximate surface area is 313 Å². The average molecular weight is 745 g/mol. The Morgan fingerprint density at radius 1 is 0.870 bits per heavy atom. The molecule has 0 saturated carbocycles. The minimum Gasteiger partial charge on any atom is -0.481 e. The number of fused-ring (bicyclic) bond motifs is 4. The van der Waals surface area contributed by atoms with Gasteiger partial charge in [-0.15, -0.1) is 0 Å². The summed E-state index contributed by atoms with van der Waals surface area (Å²) in [5.41, 5.74) is 11.4. The second-order valence-corrected chi connectivity index (χ2v) is 12.8. The van der Waals surface area contributed by atoms with Crippen LogP contribution in [-0.4, -0.2) is 110 Å². The monoisotopic (exact) mass is 744 g/mol. The number of nitrogens with one attached hydrogen (secondary N) is 2. The van der Waals surface area contributed by atoms with Gasteiger partial charge in [0, 0.05) is 50.6 Å². The number of amides is 3. The summed E-state index contributed by atoms with van der Waals surface area (Å²) in [6.07, 6.45) is -1.91. The number of nitrogens with two attached hydrogens (primary N) is 1. The minimum absolute atomic E-state index is 0.0770. The Kier molecular flexibility index (Phi) is 14.4. The Balaban J connectivity index is 1.17. The number of ether oxygens (including phenoxy) is 4. The molecule has 54 heavy (non-hydrogen) atoms. The first-order valence-corrected chi connectivity index (χ1v) is 17.8. The molecule has 0 radical (unpaired) electrons. The van der Waals surface area contributed by atoms with Crippen LogP contribution in [0.4, 0.5) is 9.59 Å². The van der Waals surface area contributed by atoms with Crippen LogP contribution in [0.1, 0.15) is 35.6 Å². The standard InChI is InChI=1S/C39H48N6O9/c1-43(44(2)39(50)53-25-33-31-12-6-4-10-29(31)30-11-5-7-13-32(30)33)24-28-23-27-9-3-8-14-35(27)45(28)26-54-38(49)42-34(15-16-36(46)47)37(48)41-18-20-52-22-21-51-19-17-40/h3-14,23,33-34H,15-22,24-26,40H2,1-2H3,(H,41,48)(H,42,49)(H,46,47)/t34-/m0/s1. The molecule has 1 atom stereocenters. The van der Waals surface area contributed by atoms with Crippen molar-refractivity contribution in [2.45, 2.75) is 38.1 Å². The number of para-hydroxylation sites is 1. The maximum atomic E-state index is 13.3. The highest BCUT2D eigenvalue weighted by Crippen LogP contribution is 2.44. The number of carbonyl (C=O) groups is 4. The molecule has 0 spiro atoms. The molecule has 1 aliphatic carbocycles. The van der Waals surface area contributed by atoms with Crippen LogP contribution in [-0.2, 0) is 41.8 Å². The van der Waals surface area contributed by atoms with Gasteiger partial charge in [-0.1, -0.05) is 66.7 Å². The summed E-state index contributed by atoms with van der Waals surface area (Å²) in [7, 11) is 3.38. The van der Waals surface area contributed by atoms with Gasteiger partial charge in [-0.2, -0.15) is 0 Å². The summed E-state index contributed by atoms with van der Waals surface area (Å²) < 4.78 is 23.8. The second-order valence-electron chi connectivity index (χ2n) is 12.8. The van der Waals surface area contributed by atoms with Gasteiger partial charge in [0.05, 0.1) is 38.5 Å². The van der Waals surface area contributed by atoms with Crippen LogP contribution >= 0.6 is 0 Å². The van der Waals surface area contributed by atoms with E-state index in [9.17, 15) is 24.3 Å².